The molecular formula is C9H5ClF3N3O2S2. The van der Waals surface area contributed by atoms with E-state index in [0.717, 1.165) is 23.7 Å². The molecule has 0 aliphatic carbocycles. The van der Waals surface area contributed by atoms with Crippen LogP contribution in [0, 0.1) is 0 Å². The maximum Gasteiger partial charge on any atom is 0.451 e. The van der Waals surface area contributed by atoms with E-state index in [4.69, 9.17) is 11.6 Å². The zero-order valence-corrected chi connectivity index (χ0v) is 11.7. The van der Waals surface area contributed by atoms with Gasteiger partial charge in [0.15, 0.2) is 0 Å². The summed E-state index contributed by atoms with van der Waals surface area (Å²) in [5.41, 5.74) is -0.178. The van der Waals surface area contributed by atoms with Crippen molar-refractivity contribution in [2.45, 2.75) is 10.4 Å². The Kier molecular flexibility index (Phi) is 3.89. The van der Waals surface area contributed by atoms with Crippen LogP contribution in [0.2, 0.25) is 4.34 Å². The highest BCUT2D eigenvalue weighted by molar-refractivity contribution is 7.94. The van der Waals surface area contributed by atoms with E-state index in [0.29, 0.717) is 0 Å². The van der Waals surface area contributed by atoms with Crippen LogP contribution in [0.25, 0.3) is 0 Å². The minimum Gasteiger partial charge on any atom is -0.276 e. The number of thiophene rings is 1. The quantitative estimate of drug-likeness (QED) is 0.929. The molecule has 11 heteroatoms. The van der Waals surface area contributed by atoms with E-state index in [9.17, 15) is 21.6 Å². The van der Waals surface area contributed by atoms with Gasteiger partial charge in [-0.15, -0.1) is 11.3 Å². The summed E-state index contributed by atoms with van der Waals surface area (Å²) < 4.78 is 62.7. The molecule has 20 heavy (non-hydrogen) atoms. The van der Waals surface area contributed by atoms with Crippen molar-refractivity contribution in [1.29, 1.82) is 0 Å². The third-order valence-electron chi connectivity index (χ3n) is 1.97. The molecule has 0 fully saturated rings. The zero-order chi connectivity index (χ0) is 15.0. The van der Waals surface area contributed by atoms with Gasteiger partial charge in [0.2, 0.25) is 5.82 Å². The number of alkyl halides is 3. The number of halogens is 4. The van der Waals surface area contributed by atoms with Crippen LogP contribution in [0.3, 0.4) is 0 Å². The van der Waals surface area contributed by atoms with Gasteiger partial charge in [-0.05, 0) is 12.1 Å². The van der Waals surface area contributed by atoms with Crippen molar-refractivity contribution >= 4 is 38.6 Å². The summed E-state index contributed by atoms with van der Waals surface area (Å²) in [6.45, 7) is 0. The predicted octanol–water partition coefficient (Wildman–Crippen LogP) is 3.01. The van der Waals surface area contributed by atoms with E-state index >= 15 is 0 Å². The fourth-order valence-corrected chi connectivity index (χ4v) is 3.69. The monoisotopic (exact) mass is 343 g/mol. The molecular weight excluding hydrogens is 339 g/mol. The van der Waals surface area contributed by atoms with Gasteiger partial charge in [0.05, 0.1) is 22.4 Å². The van der Waals surface area contributed by atoms with Crippen molar-refractivity contribution in [2.24, 2.45) is 0 Å². The van der Waals surface area contributed by atoms with E-state index in [1.165, 1.54) is 12.1 Å². The average molecular weight is 344 g/mol. The van der Waals surface area contributed by atoms with Crippen LogP contribution >= 0.6 is 22.9 Å². The topological polar surface area (TPSA) is 72.0 Å². The fourth-order valence-electron chi connectivity index (χ4n) is 1.17. The highest BCUT2D eigenvalue weighted by Crippen LogP contribution is 2.28. The molecule has 2 rings (SSSR count). The van der Waals surface area contributed by atoms with Gasteiger partial charge in [0.25, 0.3) is 10.0 Å². The van der Waals surface area contributed by atoms with Crippen molar-refractivity contribution in [1.82, 2.24) is 9.97 Å². The second-order valence-electron chi connectivity index (χ2n) is 3.46. The maximum absolute atomic E-state index is 12.2. The van der Waals surface area contributed by atoms with Crippen molar-refractivity contribution < 1.29 is 21.6 Å². The number of hydrogen-bond donors (Lipinski definition) is 1. The summed E-state index contributed by atoms with van der Waals surface area (Å²) in [7, 11) is -3.92. The lowest BCUT2D eigenvalue weighted by molar-refractivity contribution is -0.144. The van der Waals surface area contributed by atoms with E-state index in [1.54, 1.807) is 0 Å². The number of rotatable bonds is 3. The van der Waals surface area contributed by atoms with Gasteiger partial charge in [0, 0.05) is 0 Å². The third-order valence-corrected chi connectivity index (χ3v) is 5.08. The van der Waals surface area contributed by atoms with Gasteiger partial charge in [0.1, 0.15) is 4.21 Å². The second kappa shape index (κ2) is 5.19. The van der Waals surface area contributed by atoms with Crippen molar-refractivity contribution in [3.05, 3.63) is 34.7 Å². The Morgan fingerprint density at radius 3 is 2.25 bits per heavy atom. The molecule has 2 aromatic rings. The smallest absolute Gasteiger partial charge is 0.276 e. The van der Waals surface area contributed by atoms with Gasteiger partial charge in [-0.2, -0.15) is 13.2 Å². The predicted molar refractivity (Wildman–Crippen MR) is 67.2 cm³/mol. The zero-order valence-electron chi connectivity index (χ0n) is 9.35. The Balaban J connectivity index is 2.22. The van der Waals surface area contributed by atoms with Crippen molar-refractivity contribution in [3.8, 4) is 0 Å². The summed E-state index contributed by atoms with van der Waals surface area (Å²) in [6, 6.07) is 2.67. The van der Waals surface area contributed by atoms with Gasteiger partial charge in [-0.1, -0.05) is 11.6 Å². The molecule has 0 atom stereocenters. The summed E-state index contributed by atoms with van der Waals surface area (Å²) in [5.74, 6) is -1.35. The normalized spacial score (nSPS) is 12.4. The fraction of sp³-hybridized carbons (Fsp3) is 0.111. The lowest BCUT2D eigenvalue weighted by Crippen LogP contribution is -2.14. The number of aromatic nitrogens is 2. The van der Waals surface area contributed by atoms with E-state index in [-0.39, 0.29) is 14.2 Å². The molecule has 0 saturated carbocycles. The first kappa shape index (κ1) is 15.0. The Morgan fingerprint density at radius 1 is 1.20 bits per heavy atom. The summed E-state index contributed by atoms with van der Waals surface area (Å²) in [5, 5.41) is 0. The lowest BCUT2D eigenvalue weighted by atomic mass is 10.5. The number of hydrogen-bond acceptors (Lipinski definition) is 5. The molecule has 5 nitrogen and oxygen atoms in total. The number of anilines is 1. The van der Waals surface area contributed by atoms with Crippen LogP contribution < -0.4 is 4.72 Å². The molecule has 1 N–H and O–H groups in total. The highest BCUT2D eigenvalue weighted by Gasteiger charge is 2.34. The van der Waals surface area contributed by atoms with E-state index in [1.807, 2.05) is 0 Å². The summed E-state index contributed by atoms with van der Waals surface area (Å²) in [4.78, 5) is 6.09. The maximum atomic E-state index is 12.2. The Bertz CT molecular complexity index is 713. The molecule has 2 heterocycles. The molecule has 0 radical (unpaired) electrons. The summed E-state index contributed by atoms with van der Waals surface area (Å²) in [6.07, 6.45) is -3.20. The molecule has 2 aromatic heterocycles. The SMILES string of the molecule is O=S(=O)(Nc1cnc(C(F)(F)F)nc1)c1ccc(Cl)s1. The minimum atomic E-state index is -4.68. The first-order valence-corrected chi connectivity index (χ1v) is 7.54. The Morgan fingerprint density at radius 2 is 1.80 bits per heavy atom. The van der Waals surface area contributed by atoms with E-state index < -0.39 is 22.0 Å². The van der Waals surface area contributed by atoms with Crippen LogP contribution in [0.4, 0.5) is 18.9 Å². The molecule has 0 amide bonds. The van der Waals surface area contributed by atoms with E-state index in [2.05, 4.69) is 14.7 Å². The Hall–Kier alpha value is -1.39. The molecule has 0 aromatic carbocycles. The first-order valence-electron chi connectivity index (χ1n) is 4.86. The van der Waals surface area contributed by atoms with Crippen molar-refractivity contribution in [3.63, 3.8) is 0 Å². The number of nitrogens with one attached hydrogen (secondary N) is 1. The lowest BCUT2D eigenvalue weighted by Gasteiger charge is -2.07. The standard InChI is InChI=1S/C9H5ClF3N3O2S2/c10-6-1-2-7(19-6)20(17,18)16-5-3-14-8(15-4-5)9(11,12)13/h1-4,16H. The molecule has 0 saturated heterocycles. The van der Waals surface area contributed by atoms with Crippen LogP contribution in [0.15, 0.2) is 28.7 Å². The molecule has 0 aliphatic heterocycles. The van der Waals surface area contributed by atoms with Crippen molar-refractivity contribution in [2.75, 3.05) is 4.72 Å². The largest absolute Gasteiger partial charge is 0.451 e. The third kappa shape index (κ3) is 3.38. The molecule has 0 spiro atoms. The Labute approximate surface area is 120 Å². The van der Waals surface area contributed by atoms with Gasteiger partial charge in [-0.3, -0.25) is 4.72 Å². The molecule has 0 aliphatic rings. The minimum absolute atomic E-state index is 0.0672. The molecule has 0 bridgehead atoms. The van der Waals surface area contributed by atoms with Crippen LogP contribution in [0.5, 0.6) is 0 Å². The van der Waals surface area contributed by atoms with Gasteiger partial charge >= 0.3 is 6.18 Å². The van der Waals surface area contributed by atoms with Crippen LogP contribution in [-0.2, 0) is 16.2 Å². The van der Waals surface area contributed by atoms with Crippen LogP contribution in [0.1, 0.15) is 5.82 Å². The average Bonchev–Trinajstić information content (AvgIpc) is 2.76. The number of nitrogens with zero attached hydrogens (tertiary/aromatic N) is 2. The molecule has 0 unspecified atom stereocenters. The number of sulfonamides is 1. The first-order chi connectivity index (χ1) is 9.18. The van der Waals surface area contributed by atoms with Crippen LogP contribution in [-0.4, -0.2) is 18.4 Å². The van der Waals surface area contributed by atoms with Gasteiger partial charge < -0.3 is 0 Å². The highest BCUT2D eigenvalue weighted by atomic mass is 35.5. The second-order valence-corrected chi connectivity index (χ2v) is 7.08. The summed E-state index contributed by atoms with van der Waals surface area (Å²) >= 11 is 6.43. The van der Waals surface area contributed by atoms with Gasteiger partial charge in [-0.25, -0.2) is 18.4 Å². The molecule has 108 valence electrons.